The Hall–Kier alpha value is -3.73. The van der Waals surface area contributed by atoms with Gasteiger partial charge < -0.3 is 10.6 Å². The van der Waals surface area contributed by atoms with Gasteiger partial charge in [-0.15, -0.1) is 0 Å². The van der Waals surface area contributed by atoms with Crippen molar-refractivity contribution >= 4 is 23.6 Å². The van der Waals surface area contributed by atoms with E-state index < -0.39 is 0 Å². The minimum absolute atomic E-state index is 0.175. The molecule has 3 rings (SSSR count). The SMILES string of the molecule is Cc1cccc(/C=C/C(=O)NCc2cccc(NC(=O)c3cccnc3)c2)c1. The van der Waals surface area contributed by atoms with Gasteiger partial charge in [0.25, 0.3) is 5.91 Å². The molecule has 3 aromatic rings. The van der Waals surface area contributed by atoms with Crippen LogP contribution in [-0.4, -0.2) is 16.8 Å². The Balaban J connectivity index is 1.55. The highest BCUT2D eigenvalue weighted by molar-refractivity contribution is 6.04. The second-order valence-corrected chi connectivity index (χ2v) is 6.36. The first-order chi connectivity index (χ1) is 13.6. The predicted molar refractivity (Wildman–Crippen MR) is 111 cm³/mol. The zero-order chi connectivity index (χ0) is 19.8. The molecule has 5 nitrogen and oxygen atoms in total. The maximum atomic E-state index is 12.2. The molecule has 0 radical (unpaired) electrons. The van der Waals surface area contributed by atoms with Gasteiger partial charge in [0.1, 0.15) is 0 Å². The zero-order valence-electron chi connectivity index (χ0n) is 15.6. The molecule has 0 saturated carbocycles. The Morgan fingerprint density at radius 3 is 2.68 bits per heavy atom. The quantitative estimate of drug-likeness (QED) is 0.644. The van der Waals surface area contributed by atoms with Gasteiger partial charge in [-0.3, -0.25) is 14.6 Å². The number of aryl methyl sites for hydroxylation is 1. The number of aromatic nitrogens is 1. The van der Waals surface area contributed by atoms with Crippen molar-refractivity contribution in [3.05, 3.63) is 101 Å². The van der Waals surface area contributed by atoms with E-state index >= 15 is 0 Å². The maximum Gasteiger partial charge on any atom is 0.257 e. The molecular formula is C23H21N3O2. The first kappa shape index (κ1) is 19.0. The van der Waals surface area contributed by atoms with Crippen LogP contribution in [0.5, 0.6) is 0 Å². The van der Waals surface area contributed by atoms with Crippen LogP contribution in [0.3, 0.4) is 0 Å². The Bertz CT molecular complexity index is 997. The van der Waals surface area contributed by atoms with Crippen molar-refractivity contribution in [1.82, 2.24) is 10.3 Å². The molecule has 1 aromatic heterocycles. The summed E-state index contributed by atoms with van der Waals surface area (Å²) >= 11 is 0. The van der Waals surface area contributed by atoms with Crippen molar-refractivity contribution < 1.29 is 9.59 Å². The van der Waals surface area contributed by atoms with Gasteiger partial charge in [-0.1, -0.05) is 42.0 Å². The molecule has 0 aliphatic rings. The van der Waals surface area contributed by atoms with E-state index in [4.69, 9.17) is 0 Å². The number of rotatable bonds is 6. The second kappa shape index (κ2) is 9.28. The lowest BCUT2D eigenvalue weighted by atomic mass is 10.1. The average Bonchev–Trinajstić information content (AvgIpc) is 2.72. The van der Waals surface area contributed by atoms with Crippen LogP contribution in [0.1, 0.15) is 27.0 Å². The number of amides is 2. The Morgan fingerprint density at radius 1 is 1.04 bits per heavy atom. The molecule has 0 fully saturated rings. The second-order valence-electron chi connectivity index (χ2n) is 6.36. The smallest absolute Gasteiger partial charge is 0.257 e. The van der Waals surface area contributed by atoms with Crippen LogP contribution in [0, 0.1) is 6.92 Å². The lowest BCUT2D eigenvalue weighted by Gasteiger charge is -2.08. The molecule has 140 valence electrons. The number of nitrogens with one attached hydrogen (secondary N) is 2. The normalized spacial score (nSPS) is 10.6. The summed E-state index contributed by atoms with van der Waals surface area (Å²) in [4.78, 5) is 28.2. The first-order valence-electron chi connectivity index (χ1n) is 8.93. The van der Waals surface area contributed by atoms with Crippen LogP contribution in [0.4, 0.5) is 5.69 Å². The van der Waals surface area contributed by atoms with Crippen LogP contribution in [-0.2, 0) is 11.3 Å². The number of anilines is 1. The van der Waals surface area contributed by atoms with Gasteiger partial charge in [-0.2, -0.15) is 0 Å². The number of pyridine rings is 1. The van der Waals surface area contributed by atoms with Crippen LogP contribution >= 0.6 is 0 Å². The molecule has 0 aliphatic carbocycles. The van der Waals surface area contributed by atoms with E-state index in [1.54, 1.807) is 30.5 Å². The molecule has 28 heavy (non-hydrogen) atoms. The molecule has 0 saturated heterocycles. The van der Waals surface area contributed by atoms with Gasteiger partial charge in [0.15, 0.2) is 0 Å². The molecule has 5 heteroatoms. The molecule has 2 amide bonds. The lowest BCUT2D eigenvalue weighted by Crippen LogP contribution is -2.20. The molecule has 2 aromatic carbocycles. The van der Waals surface area contributed by atoms with Crippen molar-refractivity contribution in [3.8, 4) is 0 Å². The van der Waals surface area contributed by atoms with Gasteiger partial charge in [-0.05, 0) is 48.4 Å². The summed E-state index contributed by atoms with van der Waals surface area (Å²) in [7, 11) is 0. The average molecular weight is 371 g/mol. The number of nitrogens with zero attached hydrogens (tertiary/aromatic N) is 1. The van der Waals surface area contributed by atoms with Crippen molar-refractivity contribution in [2.24, 2.45) is 0 Å². The zero-order valence-corrected chi connectivity index (χ0v) is 15.6. The number of carbonyl (C=O) groups excluding carboxylic acids is 2. The summed E-state index contributed by atoms with van der Waals surface area (Å²) < 4.78 is 0. The van der Waals surface area contributed by atoms with Crippen LogP contribution < -0.4 is 10.6 Å². The fourth-order valence-corrected chi connectivity index (χ4v) is 2.65. The third-order valence-corrected chi connectivity index (χ3v) is 4.04. The van der Waals surface area contributed by atoms with E-state index in [2.05, 4.69) is 15.6 Å². The van der Waals surface area contributed by atoms with Gasteiger partial charge in [0.2, 0.25) is 5.91 Å². The minimum Gasteiger partial charge on any atom is -0.348 e. The Kier molecular flexibility index (Phi) is 6.31. The summed E-state index contributed by atoms with van der Waals surface area (Å²) in [6, 6.07) is 18.7. The van der Waals surface area contributed by atoms with E-state index in [0.29, 0.717) is 17.8 Å². The highest BCUT2D eigenvalue weighted by atomic mass is 16.2. The molecule has 0 aliphatic heterocycles. The van der Waals surface area contributed by atoms with Crippen molar-refractivity contribution in [2.75, 3.05) is 5.32 Å². The summed E-state index contributed by atoms with van der Waals surface area (Å²) in [5.41, 5.74) is 4.17. The highest BCUT2D eigenvalue weighted by Gasteiger charge is 2.06. The topological polar surface area (TPSA) is 71.1 Å². The monoisotopic (exact) mass is 371 g/mol. The molecule has 0 bridgehead atoms. The first-order valence-corrected chi connectivity index (χ1v) is 8.93. The van der Waals surface area contributed by atoms with E-state index in [1.807, 2.05) is 49.4 Å². The number of benzene rings is 2. The third-order valence-electron chi connectivity index (χ3n) is 4.04. The van der Waals surface area contributed by atoms with Gasteiger partial charge in [0.05, 0.1) is 5.56 Å². The predicted octanol–water partition coefficient (Wildman–Crippen LogP) is 3.97. The van der Waals surface area contributed by atoms with Crippen molar-refractivity contribution in [1.29, 1.82) is 0 Å². The van der Waals surface area contributed by atoms with Gasteiger partial charge in [0, 0.05) is 30.7 Å². The largest absolute Gasteiger partial charge is 0.348 e. The standard InChI is InChI=1S/C23H21N3O2/c1-17-5-2-6-18(13-17)10-11-22(27)25-15-19-7-3-9-21(14-19)26-23(28)20-8-4-12-24-16-20/h2-14,16H,15H2,1H3,(H,25,27)(H,26,28)/b11-10+. The van der Waals surface area contributed by atoms with Crippen LogP contribution in [0.25, 0.3) is 6.08 Å². The van der Waals surface area contributed by atoms with Gasteiger partial charge >= 0.3 is 0 Å². The Labute approximate surface area is 164 Å². The fourth-order valence-electron chi connectivity index (χ4n) is 2.65. The van der Waals surface area contributed by atoms with Crippen LogP contribution in [0.15, 0.2) is 79.1 Å². The van der Waals surface area contributed by atoms with E-state index in [0.717, 1.165) is 16.7 Å². The third kappa shape index (κ3) is 5.64. The molecule has 1 heterocycles. The Morgan fingerprint density at radius 2 is 1.89 bits per heavy atom. The summed E-state index contributed by atoms with van der Waals surface area (Å²) in [5, 5.41) is 5.68. The highest BCUT2D eigenvalue weighted by Crippen LogP contribution is 2.12. The van der Waals surface area contributed by atoms with Crippen LogP contribution in [0.2, 0.25) is 0 Å². The summed E-state index contributed by atoms with van der Waals surface area (Å²) in [6.45, 7) is 2.38. The van der Waals surface area contributed by atoms with Gasteiger partial charge in [-0.25, -0.2) is 0 Å². The molecule has 0 spiro atoms. The maximum absolute atomic E-state index is 12.2. The van der Waals surface area contributed by atoms with E-state index in [1.165, 1.54) is 12.3 Å². The number of hydrogen-bond acceptors (Lipinski definition) is 3. The molecular weight excluding hydrogens is 350 g/mol. The summed E-state index contributed by atoms with van der Waals surface area (Å²) in [6.07, 6.45) is 6.43. The number of hydrogen-bond donors (Lipinski definition) is 2. The van der Waals surface area contributed by atoms with E-state index in [9.17, 15) is 9.59 Å². The molecule has 0 unspecified atom stereocenters. The van der Waals surface area contributed by atoms with Crippen molar-refractivity contribution in [2.45, 2.75) is 13.5 Å². The molecule has 2 N–H and O–H groups in total. The lowest BCUT2D eigenvalue weighted by molar-refractivity contribution is -0.116. The molecule has 0 atom stereocenters. The fraction of sp³-hybridized carbons (Fsp3) is 0.0870. The number of carbonyl (C=O) groups is 2. The van der Waals surface area contributed by atoms with Crippen molar-refractivity contribution in [3.63, 3.8) is 0 Å². The summed E-state index contributed by atoms with van der Waals surface area (Å²) in [5.74, 6) is -0.401. The van der Waals surface area contributed by atoms with E-state index in [-0.39, 0.29) is 11.8 Å². The minimum atomic E-state index is -0.227.